The van der Waals surface area contributed by atoms with Crippen molar-refractivity contribution in [3.05, 3.63) is 10.6 Å². The molecule has 108 valence electrons. The second-order valence-electron chi connectivity index (χ2n) is 5.96. The van der Waals surface area contributed by atoms with Gasteiger partial charge in [-0.05, 0) is 37.6 Å². The summed E-state index contributed by atoms with van der Waals surface area (Å²) in [6.07, 6.45) is 3.99. The van der Waals surface area contributed by atoms with Crippen molar-refractivity contribution in [3.8, 4) is 0 Å². The minimum absolute atomic E-state index is 0.512. The lowest BCUT2D eigenvalue weighted by Crippen LogP contribution is -2.19. The normalized spacial score (nSPS) is 15.2. The highest BCUT2D eigenvalue weighted by molar-refractivity contribution is 7.15. The summed E-state index contributed by atoms with van der Waals surface area (Å²) in [5.74, 6) is 1.43. The second-order valence-corrected chi connectivity index (χ2v) is 7.02. The average Bonchev–Trinajstić information content (AvgIpc) is 3.06. The van der Waals surface area contributed by atoms with Crippen LogP contribution in [0.2, 0.25) is 0 Å². The first-order valence-electron chi connectivity index (χ1n) is 7.53. The maximum atomic E-state index is 4.87. The molecule has 0 radical (unpaired) electrons. The van der Waals surface area contributed by atoms with E-state index in [1.54, 1.807) is 0 Å². The first-order valence-corrected chi connectivity index (χ1v) is 8.34. The van der Waals surface area contributed by atoms with Crippen molar-refractivity contribution in [1.29, 1.82) is 0 Å². The number of rotatable bonds is 8. The summed E-state index contributed by atoms with van der Waals surface area (Å²) in [6.45, 7) is 9.91. The van der Waals surface area contributed by atoms with E-state index in [4.69, 9.17) is 4.98 Å². The van der Waals surface area contributed by atoms with E-state index >= 15 is 0 Å². The van der Waals surface area contributed by atoms with Gasteiger partial charge in [0, 0.05) is 25.0 Å². The Hall–Kier alpha value is -0.610. The standard InChI is InChI=1S/C15H27N3S/c1-5-8-16-9-13-14(11(2)3)17-15(19-13)18(4)10-12-6-7-12/h11-12,16H,5-10H2,1-4H3. The van der Waals surface area contributed by atoms with Crippen LogP contribution in [0.3, 0.4) is 0 Å². The summed E-state index contributed by atoms with van der Waals surface area (Å²) in [4.78, 5) is 8.64. The molecule has 1 heterocycles. The molecule has 0 unspecified atom stereocenters. The lowest BCUT2D eigenvalue weighted by atomic mass is 10.1. The number of anilines is 1. The van der Waals surface area contributed by atoms with E-state index in [2.05, 4.69) is 38.0 Å². The van der Waals surface area contributed by atoms with Crippen molar-refractivity contribution in [3.63, 3.8) is 0 Å². The fourth-order valence-electron chi connectivity index (χ4n) is 2.24. The molecule has 1 N–H and O–H groups in total. The lowest BCUT2D eigenvalue weighted by Gasteiger charge is -2.14. The zero-order valence-corrected chi connectivity index (χ0v) is 13.5. The van der Waals surface area contributed by atoms with Crippen molar-refractivity contribution in [2.75, 3.05) is 25.0 Å². The fraction of sp³-hybridized carbons (Fsp3) is 0.800. The Labute approximate surface area is 121 Å². The Morgan fingerprint density at radius 3 is 2.74 bits per heavy atom. The number of hydrogen-bond acceptors (Lipinski definition) is 4. The minimum atomic E-state index is 0.512. The summed E-state index contributed by atoms with van der Waals surface area (Å²) in [5.41, 5.74) is 1.28. The van der Waals surface area contributed by atoms with Crippen LogP contribution in [0.4, 0.5) is 5.13 Å². The summed E-state index contributed by atoms with van der Waals surface area (Å²) in [5, 5.41) is 4.70. The van der Waals surface area contributed by atoms with Gasteiger partial charge in [0.05, 0.1) is 5.69 Å². The van der Waals surface area contributed by atoms with Crippen molar-refractivity contribution in [2.24, 2.45) is 5.92 Å². The number of hydrogen-bond donors (Lipinski definition) is 1. The average molecular weight is 281 g/mol. The van der Waals surface area contributed by atoms with Crippen molar-refractivity contribution in [2.45, 2.75) is 52.5 Å². The SMILES string of the molecule is CCCNCc1sc(N(C)CC2CC2)nc1C(C)C. The molecule has 0 aromatic carbocycles. The molecule has 4 heteroatoms. The summed E-state index contributed by atoms with van der Waals surface area (Å²) in [6, 6.07) is 0. The highest BCUT2D eigenvalue weighted by atomic mass is 32.1. The van der Waals surface area contributed by atoms with Crippen molar-refractivity contribution in [1.82, 2.24) is 10.3 Å². The molecule has 1 fully saturated rings. The molecule has 0 spiro atoms. The zero-order chi connectivity index (χ0) is 13.8. The van der Waals surface area contributed by atoms with E-state index in [9.17, 15) is 0 Å². The maximum absolute atomic E-state index is 4.87. The van der Waals surface area contributed by atoms with Gasteiger partial charge in [0.15, 0.2) is 5.13 Å². The molecule has 3 nitrogen and oxygen atoms in total. The van der Waals surface area contributed by atoms with Crippen LogP contribution in [0, 0.1) is 5.92 Å². The van der Waals surface area contributed by atoms with Crippen LogP contribution in [0.15, 0.2) is 0 Å². The maximum Gasteiger partial charge on any atom is 0.185 e. The van der Waals surface area contributed by atoms with Crippen LogP contribution in [0.1, 0.15) is 56.5 Å². The Morgan fingerprint density at radius 2 is 2.16 bits per heavy atom. The molecule has 19 heavy (non-hydrogen) atoms. The lowest BCUT2D eigenvalue weighted by molar-refractivity contribution is 0.670. The van der Waals surface area contributed by atoms with E-state index in [1.165, 1.54) is 41.5 Å². The summed E-state index contributed by atoms with van der Waals surface area (Å²) < 4.78 is 0. The highest BCUT2D eigenvalue weighted by Gasteiger charge is 2.25. The third-order valence-electron chi connectivity index (χ3n) is 3.53. The van der Waals surface area contributed by atoms with Crippen LogP contribution < -0.4 is 10.2 Å². The van der Waals surface area contributed by atoms with Crippen molar-refractivity contribution < 1.29 is 0 Å². The Balaban J connectivity index is 2.04. The number of aromatic nitrogens is 1. The van der Waals surface area contributed by atoms with E-state index in [0.717, 1.165) is 19.0 Å². The monoisotopic (exact) mass is 281 g/mol. The molecule has 1 saturated carbocycles. The second kappa shape index (κ2) is 6.71. The van der Waals surface area contributed by atoms with Crippen molar-refractivity contribution >= 4 is 16.5 Å². The number of thiazole rings is 1. The van der Waals surface area contributed by atoms with Gasteiger partial charge >= 0.3 is 0 Å². The van der Waals surface area contributed by atoms with E-state index < -0.39 is 0 Å². The van der Waals surface area contributed by atoms with Gasteiger partial charge in [-0.25, -0.2) is 4.98 Å². The van der Waals surface area contributed by atoms with Gasteiger partial charge < -0.3 is 10.2 Å². The Bertz CT molecular complexity index is 396. The zero-order valence-electron chi connectivity index (χ0n) is 12.7. The third kappa shape index (κ3) is 4.18. The van der Waals surface area contributed by atoms with Crippen LogP contribution in [0.25, 0.3) is 0 Å². The molecule has 1 aliphatic carbocycles. The molecule has 0 amide bonds. The van der Waals surface area contributed by atoms with Gasteiger partial charge in [0.1, 0.15) is 0 Å². The molecule has 0 aliphatic heterocycles. The van der Waals surface area contributed by atoms with E-state index in [-0.39, 0.29) is 0 Å². The molecule has 1 aromatic rings. The first kappa shape index (κ1) is 14.8. The summed E-state index contributed by atoms with van der Waals surface area (Å²) >= 11 is 1.87. The quantitative estimate of drug-likeness (QED) is 0.738. The van der Waals surface area contributed by atoms with Crippen LogP contribution in [-0.2, 0) is 6.54 Å². The molecular weight excluding hydrogens is 254 g/mol. The molecule has 1 aliphatic rings. The van der Waals surface area contributed by atoms with Crippen LogP contribution >= 0.6 is 11.3 Å². The molecule has 1 aromatic heterocycles. The Morgan fingerprint density at radius 1 is 1.42 bits per heavy atom. The number of nitrogens with zero attached hydrogens (tertiary/aromatic N) is 2. The topological polar surface area (TPSA) is 28.2 Å². The van der Waals surface area contributed by atoms with Gasteiger partial charge in [0.25, 0.3) is 0 Å². The van der Waals surface area contributed by atoms with Gasteiger partial charge in [-0.15, -0.1) is 11.3 Å². The molecular formula is C15H27N3S. The third-order valence-corrected chi connectivity index (χ3v) is 4.72. The van der Waals surface area contributed by atoms with Crippen LogP contribution in [0.5, 0.6) is 0 Å². The predicted octanol–water partition coefficient (Wildman–Crippen LogP) is 3.61. The summed E-state index contributed by atoms with van der Waals surface area (Å²) in [7, 11) is 2.19. The van der Waals surface area contributed by atoms with E-state index in [0.29, 0.717) is 5.92 Å². The molecule has 0 saturated heterocycles. The predicted molar refractivity (Wildman–Crippen MR) is 84.2 cm³/mol. The minimum Gasteiger partial charge on any atom is -0.351 e. The van der Waals surface area contributed by atoms with Gasteiger partial charge in [-0.2, -0.15) is 0 Å². The molecule has 2 rings (SSSR count). The first-order chi connectivity index (χ1) is 9.11. The Kier molecular flexibility index (Phi) is 5.22. The number of nitrogens with one attached hydrogen (secondary N) is 1. The molecule has 0 bridgehead atoms. The van der Waals surface area contributed by atoms with Gasteiger partial charge in [-0.1, -0.05) is 20.8 Å². The van der Waals surface area contributed by atoms with Gasteiger partial charge in [0.2, 0.25) is 0 Å². The van der Waals surface area contributed by atoms with E-state index in [1.807, 2.05) is 11.3 Å². The highest BCUT2D eigenvalue weighted by Crippen LogP contribution is 2.34. The van der Waals surface area contributed by atoms with Gasteiger partial charge in [-0.3, -0.25) is 0 Å². The molecule has 0 atom stereocenters. The van der Waals surface area contributed by atoms with Crippen LogP contribution in [-0.4, -0.2) is 25.1 Å². The fourth-order valence-corrected chi connectivity index (χ4v) is 3.39. The smallest absolute Gasteiger partial charge is 0.185 e. The largest absolute Gasteiger partial charge is 0.351 e.